The smallest absolute Gasteiger partial charge is 0.309 e. The van der Waals surface area contributed by atoms with Gasteiger partial charge in [-0.25, -0.2) is 0 Å². The second-order valence-electron chi connectivity index (χ2n) is 7.81. The Bertz CT molecular complexity index is 827. The first kappa shape index (κ1) is 19.9. The van der Waals surface area contributed by atoms with Gasteiger partial charge in [0.2, 0.25) is 0 Å². The molecule has 1 N–H and O–H groups in total. The van der Waals surface area contributed by atoms with Gasteiger partial charge in [0.05, 0.1) is 5.92 Å². The Kier molecular flexibility index (Phi) is 6.23. The van der Waals surface area contributed by atoms with Crippen molar-refractivity contribution in [3.63, 3.8) is 0 Å². The first-order valence-electron chi connectivity index (χ1n) is 9.67. The number of carboxylic acids is 1. The molecule has 0 amide bonds. The van der Waals surface area contributed by atoms with Crippen LogP contribution in [0.25, 0.3) is 0 Å². The minimum atomic E-state index is -0.680. The Hall–Kier alpha value is -1.84. The first-order valence-corrected chi connectivity index (χ1v) is 10.0. The summed E-state index contributed by atoms with van der Waals surface area (Å²) >= 11 is 6.18. The molecule has 3 nitrogen and oxygen atoms in total. The molecule has 1 atom stereocenters. The van der Waals surface area contributed by atoms with Crippen molar-refractivity contribution in [3.8, 4) is 0 Å². The monoisotopic (exact) mass is 385 g/mol. The van der Waals surface area contributed by atoms with E-state index in [0.29, 0.717) is 19.0 Å². The van der Waals surface area contributed by atoms with E-state index in [-0.39, 0.29) is 5.92 Å². The molecular formula is C23H28ClNO2. The van der Waals surface area contributed by atoms with Gasteiger partial charge in [-0.1, -0.05) is 48.9 Å². The van der Waals surface area contributed by atoms with Gasteiger partial charge in [-0.3, -0.25) is 9.69 Å². The molecule has 1 aliphatic heterocycles. The summed E-state index contributed by atoms with van der Waals surface area (Å²) in [6.45, 7) is 8.56. The van der Waals surface area contributed by atoms with Gasteiger partial charge in [-0.05, 0) is 66.5 Å². The molecule has 0 spiro atoms. The zero-order valence-electron chi connectivity index (χ0n) is 16.3. The number of carboxylic acid groups (broad SMARTS) is 1. The summed E-state index contributed by atoms with van der Waals surface area (Å²) in [6, 6.07) is 13.1. The molecule has 0 aromatic heterocycles. The van der Waals surface area contributed by atoms with Gasteiger partial charge in [-0.2, -0.15) is 0 Å². The number of rotatable bonds is 7. The summed E-state index contributed by atoms with van der Waals surface area (Å²) in [4.78, 5) is 13.2. The van der Waals surface area contributed by atoms with Crippen LogP contribution < -0.4 is 0 Å². The molecule has 0 radical (unpaired) electrons. The summed E-state index contributed by atoms with van der Waals surface area (Å²) < 4.78 is 0. The second kappa shape index (κ2) is 8.45. The minimum Gasteiger partial charge on any atom is -0.481 e. The molecule has 3 rings (SSSR count). The third-order valence-electron chi connectivity index (χ3n) is 5.74. The van der Waals surface area contributed by atoms with Crippen LogP contribution in [0.15, 0.2) is 36.4 Å². The summed E-state index contributed by atoms with van der Waals surface area (Å²) in [6.07, 6.45) is 2.08. The highest BCUT2D eigenvalue weighted by molar-refractivity contribution is 6.31. The van der Waals surface area contributed by atoms with E-state index in [2.05, 4.69) is 56.0 Å². The molecule has 1 saturated heterocycles. The van der Waals surface area contributed by atoms with Gasteiger partial charge in [0.25, 0.3) is 0 Å². The number of hydrogen-bond acceptors (Lipinski definition) is 2. The van der Waals surface area contributed by atoms with Gasteiger partial charge < -0.3 is 5.11 Å². The fraction of sp³-hybridized carbons (Fsp3) is 0.435. The van der Waals surface area contributed by atoms with Crippen LogP contribution in [0.1, 0.15) is 47.1 Å². The number of aryl methyl sites for hydroxylation is 2. The Balaban J connectivity index is 1.71. The maximum absolute atomic E-state index is 11.0. The van der Waals surface area contributed by atoms with Crippen LogP contribution >= 0.6 is 11.6 Å². The molecule has 2 aromatic rings. The van der Waals surface area contributed by atoms with Crippen molar-refractivity contribution in [1.29, 1.82) is 0 Å². The fourth-order valence-electron chi connectivity index (χ4n) is 3.82. The molecule has 27 heavy (non-hydrogen) atoms. The van der Waals surface area contributed by atoms with Crippen molar-refractivity contribution in [3.05, 3.63) is 69.2 Å². The van der Waals surface area contributed by atoms with E-state index in [9.17, 15) is 4.79 Å². The van der Waals surface area contributed by atoms with Crippen LogP contribution in [-0.4, -0.2) is 29.1 Å². The lowest BCUT2D eigenvalue weighted by molar-refractivity contribution is -0.147. The van der Waals surface area contributed by atoms with E-state index in [1.165, 1.54) is 22.3 Å². The molecule has 144 valence electrons. The number of aliphatic carboxylic acids is 1. The molecule has 4 heteroatoms. The zero-order chi connectivity index (χ0) is 19.6. The van der Waals surface area contributed by atoms with E-state index < -0.39 is 5.97 Å². The van der Waals surface area contributed by atoms with Crippen LogP contribution in [0.4, 0.5) is 0 Å². The van der Waals surface area contributed by atoms with E-state index in [1.807, 2.05) is 6.07 Å². The topological polar surface area (TPSA) is 40.5 Å². The van der Waals surface area contributed by atoms with Crippen LogP contribution in [0.5, 0.6) is 0 Å². The summed E-state index contributed by atoms with van der Waals surface area (Å²) in [5.41, 5.74) is 6.38. The van der Waals surface area contributed by atoms with E-state index in [4.69, 9.17) is 16.7 Å². The molecule has 0 saturated carbocycles. The number of benzene rings is 2. The molecule has 0 aliphatic carbocycles. The van der Waals surface area contributed by atoms with Crippen LogP contribution in [-0.2, 0) is 17.8 Å². The highest BCUT2D eigenvalue weighted by Gasteiger charge is 2.32. The SMILES string of the molecule is CC[C@@H](Cc1ccc(C)c(CN2CC(C(=O)O)C2)c1)c1ccc(Cl)c(C)c1. The average molecular weight is 386 g/mol. The average Bonchev–Trinajstić information content (AvgIpc) is 2.60. The minimum absolute atomic E-state index is 0.203. The van der Waals surface area contributed by atoms with Crippen LogP contribution in [0, 0.1) is 19.8 Å². The molecule has 1 aliphatic rings. The Labute approximate surface area is 167 Å². The predicted octanol–water partition coefficient (Wildman–Crippen LogP) is 5.21. The van der Waals surface area contributed by atoms with Crippen molar-refractivity contribution in [2.75, 3.05) is 13.1 Å². The Morgan fingerprint density at radius 1 is 1.19 bits per heavy atom. The molecule has 0 bridgehead atoms. The number of nitrogens with zero attached hydrogens (tertiary/aromatic N) is 1. The third-order valence-corrected chi connectivity index (χ3v) is 6.17. The highest BCUT2D eigenvalue weighted by Crippen LogP contribution is 2.29. The van der Waals surface area contributed by atoms with Crippen LogP contribution in [0.2, 0.25) is 5.02 Å². The van der Waals surface area contributed by atoms with Gasteiger partial charge in [0, 0.05) is 24.7 Å². The van der Waals surface area contributed by atoms with E-state index >= 15 is 0 Å². The Morgan fingerprint density at radius 2 is 1.93 bits per heavy atom. The van der Waals surface area contributed by atoms with E-state index in [1.54, 1.807) is 0 Å². The van der Waals surface area contributed by atoms with Crippen molar-refractivity contribution in [1.82, 2.24) is 4.90 Å². The van der Waals surface area contributed by atoms with Crippen molar-refractivity contribution >= 4 is 17.6 Å². The highest BCUT2D eigenvalue weighted by atomic mass is 35.5. The number of halogens is 1. The summed E-state index contributed by atoms with van der Waals surface area (Å²) in [7, 11) is 0. The lowest BCUT2D eigenvalue weighted by Crippen LogP contribution is -2.49. The molecule has 1 heterocycles. The molecule has 2 aromatic carbocycles. The van der Waals surface area contributed by atoms with Gasteiger partial charge in [0.15, 0.2) is 0 Å². The van der Waals surface area contributed by atoms with Crippen molar-refractivity contribution in [2.24, 2.45) is 5.92 Å². The second-order valence-corrected chi connectivity index (χ2v) is 8.22. The van der Waals surface area contributed by atoms with Gasteiger partial charge in [-0.15, -0.1) is 0 Å². The van der Waals surface area contributed by atoms with Crippen molar-refractivity contribution < 1.29 is 9.90 Å². The Morgan fingerprint density at radius 3 is 2.56 bits per heavy atom. The van der Waals surface area contributed by atoms with Gasteiger partial charge in [0.1, 0.15) is 0 Å². The quantitative estimate of drug-likeness (QED) is 0.711. The number of hydrogen-bond donors (Lipinski definition) is 1. The van der Waals surface area contributed by atoms with Crippen molar-refractivity contribution in [2.45, 2.75) is 46.1 Å². The first-order chi connectivity index (χ1) is 12.9. The zero-order valence-corrected chi connectivity index (χ0v) is 17.1. The van der Waals surface area contributed by atoms with Gasteiger partial charge >= 0.3 is 5.97 Å². The normalized spacial score (nSPS) is 16.1. The molecule has 1 fully saturated rings. The van der Waals surface area contributed by atoms with E-state index in [0.717, 1.165) is 30.0 Å². The fourth-order valence-corrected chi connectivity index (χ4v) is 3.94. The summed E-state index contributed by atoms with van der Waals surface area (Å²) in [5, 5.41) is 9.87. The maximum Gasteiger partial charge on any atom is 0.309 e. The molecule has 0 unspecified atom stereocenters. The number of carbonyl (C=O) groups is 1. The third kappa shape index (κ3) is 4.72. The predicted molar refractivity (Wildman–Crippen MR) is 111 cm³/mol. The standard InChI is InChI=1S/C23H28ClNO2/c1-4-18(19-7-8-22(24)16(3)9-19)10-17-6-5-15(2)20(11-17)12-25-13-21(14-25)23(26)27/h5-9,11,18,21H,4,10,12-14H2,1-3H3,(H,26,27)/t18-/m0/s1. The van der Waals surface area contributed by atoms with Crippen LogP contribution in [0.3, 0.4) is 0 Å². The molecular weight excluding hydrogens is 358 g/mol. The summed E-state index contributed by atoms with van der Waals surface area (Å²) in [5.74, 6) is -0.413. The lowest BCUT2D eigenvalue weighted by Gasteiger charge is -2.37. The maximum atomic E-state index is 11.0. The largest absolute Gasteiger partial charge is 0.481 e. The lowest BCUT2D eigenvalue weighted by atomic mass is 9.88. The number of likely N-dealkylation sites (tertiary alicyclic amines) is 1.